The summed E-state index contributed by atoms with van der Waals surface area (Å²) in [5.41, 5.74) is 23.4. The Labute approximate surface area is 412 Å². The van der Waals surface area contributed by atoms with Crippen LogP contribution >= 0.6 is 0 Å². The van der Waals surface area contributed by atoms with E-state index in [1.54, 1.807) is 0 Å². The molecule has 0 amide bonds. The molecule has 0 bridgehead atoms. The molecule has 0 saturated heterocycles. The van der Waals surface area contributed by atoms with Crippen LogP contribution < -0.4 is 30.5 Å². The first kappa shape index (κ1) is 42.7. The van der Waals surface area contributed by atoms with Gasteiger partial charge in [0.15, 0.2) is 0 Å². The van der Waals surface area contributed by atoms with Crippen molar-refractivity contribution in [1.29, 1.82) is 0 Å². The maximum Gasteiger partial charge on any atom is 0.145 e. The molecule has 11 aromatic rings. The minimum atomic E-state index is -2.41. The molecule has 6 heteroatoms. The molecule has 0 spiro atoms. The Morgan fingerprint density at radius 3 is 1.11 bits per heavy atom. The fraction of sp³-hybridized carbons (Fsp3) is 0.156. The highest BCUT2D eigenvalue weighted by atomic mass is 28.3. The van der Waals surface area contributed by atoms with Crippen molar-refractivity contribution >= 4 is 115 Å². The minimum absolute atomic E-state index is 0.912. The smallest absolute Gasteiger partial charge is 0.145 e. The van der Waals surface area contributed by atoms with E-state index in [0.29, 0.717) is 0 Å². The monoisotopic (exact) mass is 940 g/mol. The first-order chi connectivity index (χ1) is 33.7. The molecule has 342 valence electrons. The first-order valence-corrected chi connectivity index (χ1v) is 30.7. The first-order valence-electron chi connectivity index (χ1n) is 24.7. The molecular formula is C64H56N2O2Si2. The maximum absolute atomic E-state index is 7.24. The Kier molecular flexibility index (Phi) is 9.18. The molecule has 0 atom stereocenters. The van der Waals surface area contributed by atoms with E-state index < -0.39 is 16.1 Å². The number of furan rings is 2. The number of nitrogens with zero attached hydrogens (tertiary/aromatic N) is 2. The quantitative estimate of drug-likeness (QED) is 0.156. The van der Waals surface area contributed by atoms with Gasteiger partial charge < -0.3 is 18.6 Å². The van der Waals surface area contributed by atoms with Crippen molar-refractivity contribution in [2.24, 2.45) is 0 Å². The molecule has 2 aliphatic heterocycles. The third-order valence-corrected chi connectivity index (χ3v) is 22.9. The van der Waals surface area contributed by atoms with Gasteiger partial charge in [-0.05, 0) is 145 Å². The predicted molar refractivity (Wildman–Crippen MR) is 303 cm³/mol. The van der Waals surface area contributed by atoms with Crippen LogP contribution in [0.1, 0.15) is 33.4 Å². The molecule has 0 N–H and O–H groups in total. The van der Waals surface area contributed by atoms with Gasteiger partial charge in [-0.15, -0.1) is 0 Å². The molecule has 2 aliphatic rings. The summed E-state index contributed by atoms with van der Waals surface area (Å²) in [5, 5.41) is 10.3. The van der Waals surface area contributed by atoms with Crippen molar-refractivity contribution in [2.45, 2.75) is 67.7 Å². The molecule has 0 saturated carbocycles. The highest BCUT2D eigenvalue weighted by molar-refractivity contribution is 7.06. The van der Waals surface area contributed by atoms with E-state index in [4.69, 9.17) is 8.83 Å². The molecule has 0 unspecified atom stereocenters. The van der Waals surface area contributed by atoms with Crippen LogP contribution in [-0.2, 0) is 0 Å². The lowest BCUT2D eigenvalue weighted by molar-refractivity contribution is 0.670. The lowest BCUT2D eigenvalue weighted by Gasteiger charge is -2.30. The third-order valence-electron chi connectivity index (χ3n) is 15.9. The molecule has 0 aliphatic carbocycles. The lowest BCUT2D eigenvalue weighted by Crippen LogP contribution is -2.51. The van der Waals surface area contributed by atoms with E-state index in [0.717, 1.165) is 66.6 Å². The van der Waals surface area contributed by atoms with Crippen LogP contribution in [0, 0.1) is 41.5 Å². The number of aryl methyl sites for hydroxylation is 6. The summed E-state index contributed by atoms with van der Waals surface area (Å²) in [6.45, 7) is 23.4. The molecule has 4 heterocycles. The number of para-hydroxylation sites is 2. The average molecular weight is 941 g/mol. The van der Waals surface area contributed by atoms with Gasteiger partial charge in [0.25, 0.3) is 0 Å². The number of benzene rings is 9. The van der Waals surface area contributed by atoms with Crippen LogP contribution in [-0.4, -0.2) is 16.1 Å². The van der Waals surface area contributed by atoms with Gasteiger partial charge in [-0.2, -0.15) is 0 Å². The fourth-order valence-corrected chi connectivity index (χ4v) is 18.4. The number of rotatable bonds is 6. The Balaban J connectivity index is 1.08. The standard InChI is InChI=1S/C64H56N2O2Si2/c1-37-19-25-43(26-20-37)65(49-29-23-39(3)31-41(49)5)51-35-57-61(63-59(51)45-15-11-13-17-53(45)67-63)47-33-56-48(34-55(47)69(57,7)8)62-58(70(56,9)10)36-52(60-46-16-12-14-18-54(46)68-64(60)62)66(44-27-21-38(2)22-28-44)50-30-24-40(4)32-42(50)6/h11-36H,1-10H3. The molecule has 0 radical (unpaired) electrons. The van der Waals surface area contributed by atoms with Crippen molar-refractivity contribution in [3.8, 4) is 22.3 Å². The Morgan fingerprint density at radius 1 is 0.357 bits per heavy atom. The van der Waals surface area contributed by atoms with E-state index >= 15 is 0 Å². The summed E-state index contributed by atoms with van der Waals surface area (Å²) in [6, 6.07) is 59.3. The summed E-state index contributed by atoms with van der Waals surface area (Å²) in [7, 11) is -4.82. The molecule has 0 fully saturated rings. The van der Waals surface area contributed by atoms with Crippen LogP contribution in [0.3, 0.4) is 0 Å². The van der Waals surface area contributed by atoms with Crippen LogP contribution in [0.15, 0.2) is 167 Å². The second-order valence-corrected chi connectivity index (χ2v) is 30.0. The summed E-state index contributed by atoms with van der Waals surface area (Å²) >= 11 is 0. The van der Waals surface area contributed by atoms with Crippen molar-refractivity contribution < 1.29 is 8.83 Å². The third kappa shape index (κ3) is 6.06. The summed E-state index contributed by atoms with van der Waals surface area (Å²) in [6.07, 6.45) is 0. The largest absolute Gasteiger partial charge is 0.455 e. The molecule has 70 heavy (non-hydrogen) atoms. The topological polar surface area (TPSA) is 32.8 Å². The van der Waals surface area contributed by atoms with Gasteiger partial charge in [0.1, 0.15) is 38.5 Å². The normalized spacial score (nSPS) is 14.1. The molecule has 4 nitrogen and oxygen atoms in total. The Bertz CT molecular complexity index is 3760. The molecule has 9 aromatic carbocycles. The number of fused-ring (bicyclic) bond motifs is 14. The number of anilines is 6. The SMILES string of the molecule is Cc1ccc(N(c2ccc(C)cc2C)c2cc3c(c4oc5ccccc5c24)-c2cc4c(cc2[Si]3(C)C)-c2c(cc(N(c3ccc(C)cc3)c3ccc(C)cc3C)c3c2oc2ccccc23)[Si]4(C)C)cc1. The second-order valence-electron chi connectivity index (χ2n) is 21.4. The van der Waals surface area contributed by atoms with E-state index in [1.807, 2.05) is 0 Å². The van der Waals surface area contributed by atoms with Gasteiger partial charge in [0.05, 0.1) is 22.1 Å². The van der Waals surface area contributed by atoms with Crippen molar-refractivity contribution in [2.75, 3.05) is 9.80 Å². The van der Waals surface area contributed by atoms with Gasteiger partial charge in [-0.3, -0.25) is 0 Å². The van der Waals surface area contributed by atoms with Gasteiger partial charge in [-0.1, -0.05) is 146 Å². The lowest BCUT2D eigenvalue weighted by atomic mass is 9.96. The van der Waals surface area contributed by atoms with E-state index in [9.17, 15) is 0 Å². The molecule has 2 aromatic heterocycles. The molecule has 13 rings (SSSR count). The zero-order valence-electron chi connectivity index (χ0n) is 41.7. The van der Waals surface area contributed by atoms with Gasteiger partial charge in [-0.25, -0.2) is 0 Å². The second kappa shape index (κ2) is 15.1. The Morgan fingerprint density at radius 2 is 0.729 bits per heavy atom. The zero-order valence-corrected chi connectivity index (χ0v) is 43.7. The summed E-state index contributed by atoms with van der Waals surface area (Å²) in [5.74, 6) is 0. The van der Waals surface area contributed by atoms with Gasteiger partial charge >= 0.3 is 0 Å². The van der Waals surface area contributed by atoms with E-state index in [1.165, 1.54) is 87.8 Å². The van der Waals surface area contributed by atoms with E-state index in [2.05, 4.69) is 235 Å². The van der Waals surface area contributed by atoms with Gasteiger partial charge in [0, 0.05) is 44.6 Å². The van der Waals surface area contributed by atoms with Crippen LogP contribution in [0.25, 0.3) is 66.1 Å². The van der Waals surface area contributed by atoms with Crippen LogP contribution in [0.5, 0.6) is 0 Å². The summed E-state index contributed by atoms with van der Waals surface area (Å²) in [4.78, 5) is 4.98. The molecular weight excluding hydrogens is 885 g/mol. The Hall–Kier alpha value is -7.39. The zero-order chi connectivity index (χ0) is 48.1. The van der Waals surface area contributed by atoms with Gasteiger partial charge in [0.2, 0.25) is 0 Å². The van der Waals surface area contributed by atoms with E-state index in [-0.39, 0.29) is 0 Å². The number of hydrogen-bond donors (Lipinski definition) is 0. The predicted octanol–water partition coefficient (Wildman–Crippen LogP) is 15.9. The number of hydrogen-bond acceptors (Lipinski definition) is 4. The van der Waals surface area contributed by atoms with Crippen molar-refractivity contribution in [3.05, 3.63) is 191 Å². The van der Waals surface area contributed by atoms with Crippen molar-refractivity contribution in [3.63, 3.8) is 0 Å². The van der Waals surface area contributed by atoms with Crippen LogP contribution in [0.2, 0.25) is 26.2 Å². The minimum Gasteiger partial charge on any atom is -0.455 e. The average Bonchev–Trinajstić information content (AvgIpc) is 4.04. The maximum atomic E-state index is 7.24. The van der Waals surface area contributed by atoms with Crippen LogP contribution in [0.4, 0.5) is 34.1 Å². The summed E-state index contributed by atoms with van der Waals surface area (Å²) < 4.78 is 14.5. The van der Waals surface area contributed by atoms with Crippen molar-refractivity contribution in [1.82, 2.24) is 0 Å². The highest BCUT2D eigenvalue weighted by Crippen LogP contribution is 2.51. The fourth-order valence-electron chi connectivity index (χ4n) is 12.3. The highest BCUT2D eigenvalue weighted by Gasteiger charge is 2.47.